The van der Waals surface area contributed by atoms with Gasteiger partial charge in [-0.05, 0) is 62.4 Å². The second kappa shape index (κ2) is 14.5. The normalized spacial score (nSPS) is 13.8. The van der Waals surface area contributed by atoms with Crippen LogP contribution in [0.1, 0.15) is 43.1 Å². The molecule has 1 aromatic carbocycles. The standard InChI is InChI=1S/C24H36N4O2.HI/c1-3-25-24(26-13-7-14-29-19-20-11-12-20)27-16-21-8-4-5-9-22(21)17-28(2)18-23-10-6-15-30-23;/h4-6,8-10,15,20H,3,7,11-14,16-19H2,1-2H3,(H2,25,26,27);1H. The summed E-state index contributed by atoms with van der Waals surface area (Å²) in [5, 5.41) is 6.76. The Kier molecular flexibility index (Phi) is 12.0. The molecule has 0 aliphatic heterocycles. The van der Waals surface area contributed by atoms with Gasteiger partial charge in [-0.15, -0.1) is 24.0 Å². The van der Waals surface area contributed by atoms with E-state index in [1.807, 2.05) is 12.1 Å². The molecule has 172 valence electrons. The van der Waals surface area contributed by atoms with Crippen LogP contribution < -0.4 is 10.6 Å². The zero-order valence-electron chi connectivity index (χ0n) is 18.8. The minimum absolute atomic E-state index is 0. The van der Waals surface area contributed by atoms with Crippen molar-refractivity contribution in [1.82, 2.24) is 15.5 Å². The topological polar surface area (TPSA) is 62.0 Å². The van der Waals surface area contributed by atoms with E-state index in [9.17, 15) is 0 Å². The molecule has 0 atom stereocenters. The zero-order valence-corrected chi connectivity index (χ0v) is 21.1. The van der Waals surface area contributed by atoms with Gasteiger partial charge in [0.05, 0.1) is 19.4 Å². The molecule has 1 fully saturated rings. The van der Waals surface area contributed by atoms with E-state index in [0.29, 0.717) is 6.54 Å². The predicted octanol–water partition coefficient (Wildman–Crippen LogP) is 4.40. The molecule has 1 aromatic heterocycles. The fourth-order valence-electron chi connectivity index (χ4n) is 3.30. The van der Waals surface area contributed by atoms with Gasteiger partial charge in [-0.2, -0.15) is 0 Å². The fraction of sp³-hybridized carbons (Fsp3) is 0.542. The van der Waals surface area contributed by atoms with Crippen molar-refractivity contribution >= 4 is 29.9 Å². The van der Waals surface area contributed by atoms with E-state index in [2.05, 4.69) is 53.8 Å². The van der Waals surface area contributed by atoms with Crippen molar-refractivity contribution in [1.29, 1.82) is 0 Å². The van der Waals surface area contributed by atoms with E-state index in [-0.39, 0.29) is 24.0 Å². The molecule has 2 N–H and O–H groups in total. The van der Waals surface area contributed by atoms with Gasteiger partial charge in [0.15, 0.2) is 5.96 Å². The van der Waals surface area contributed by atoms with Crippen LogP contribution in [-0.2, 0) is 24.4 Å². The highest BCUT2D eigenvalue weighted by Gasteiger charge is 2.20. The number of furan rings is 1. The lowest BCUT2D eigenvalue weighted by molar-refractivity contribution is 0.123. The van der Waals surface area contributed by atoms with Crippen LogP contribution in [0.25, 0.3) is 0 Å². The molecule has 0 unspecified atom stereocenters. The highest BCUT2D eigenvalue weighted by atomic mass is 127. The summed E-state index contributed by atoms with van der Waals surface area (Å²) in [6.07, 6.45) is 5.40. The quantitative estimate of drug-likeness (QED) is 0.171. The summed E-state index contributed by atoms with van der Waals surface area (Å²) in [6.45, 7) is 7.84. The average molecular weight is 540 g/mol. The monoisotopic (exact) mass is 540 g/mol. The molecular weight excluding hydrogens is 503 g/mol. The number of guanidine groups is 1. The van der Waals surface area contributed by atoms with Gasteiger partial charge >= 0.3 is 0 Å². The second-order valence-electron chi connectivity index (χ2n) is 8.01. The first-order valence-electron chi connectivity index (χ1n) is 11.1. The molecule has 0 amide bonds. The van der Waals surface area contributed by atoms with Gasteiger partial charge in [0.2, 0.25) is 0 Å². The number of rotatable bonds is 13. The summed E-state index contributed by atoms with van der Waals surface area (Å²) < 4.78 is 11.2. The molecular formula is C24H37IN4O2. The summed E-state index contributed by atoms with van der Waals surface area (Å²) in [4.78, 5) is 7.06. The fourth-order valence-corrected chi connectivity index (χ4v) is 3.30. The van der Waals surface area contributed by atoms with Crippen LogP contribution in [0.3, 0.4) is 0 Å². The lowest BCUT2D eigenvalue weighted by Crippen LogP contribution is -2.38. The van der Waals surface area contributed by atoms with E-state index in [1.165, 1.54) is 24.0 Å². The van der Waals surface area contributed by atoms with E-state index in [1.54, 1.807) is 6.26 Å². The smallest absolute Gasteiger partial charge is 0.191 e. The number of ether oxygens (including phenoxy) is 1. The zero-order chi connectivity index (χ0) is 21.0. The van der Waals surface area contributed by atoms with Crippen molar-refractivity contribution in [2.75, 3.05) is 33.4 Å². The van der Waals surface area contributed by atoms with Crippen LogP contribution in [0.15, 0.2) is 52.1 Å². The number of nitrogens with one attached hydrogen (secondary N) is 2. The largest absolute Gasteiger partial charge is 0.468 e. The second-order valence-corrected chi connectivity index (χ2v) is 8.01. The summed E-state index contributed by atoms with van der Waals surface area (Å²) in [6, 6.07) is 12.5. The first-order valence-corrected chi connectivity index (χ1v) is 11.1. The maximum atomic E-state index is 5.71. The highest BCUT2D eigenvalue weighted by molar-refractivity contribution is 14.0. The number of halogens is 1. The predicted molar refractivity (Wildman–Crippen MR) is 137 cm³/mol. The Morgan fingerprint density at radius 2 is 1.94 bits per heavy atom. The first kappa shape index (κ1) is 25.7. The third-order valence-corrected chi connectivity index (χ3v) is 5.12. The number of hydrogen-bond acceptors (Lipinski definition) is 4. The van der Waals surface area contributed by atoms with Gasteiger partial charge in [0.25, 0.3) is 0 Å². The Balaban J connectivity index is 0.00000341. The summed E-state index contributed by atoms with van der Waals surface area (Å²) in [5.74, 6) is 2.67. The first-order chi connectivity index (χ1) is 14.7. The molecule has 1 aliphatic rings. The summed E-state index contributed by atoms with van der Waals surface area (Å²) >= 11 is 0. The molecule has 1 saturated carbocycles. The van der Waals surface area contributed by atoms with Crippen molar-refractivity contribution in [3.05, 3.63) is 59.5 Å². The van der Waals surface area contributed by atoms with Crippen LogP contribution in [0.5, 0.6) is 0 Å². The van der Waals surface area contributed by atoms with Crippen LogP contribution in [-0.4, -0.2) is 44.2 Å². The highest BCUT2D eigenvalue weighted by Crippen LogP contribution is 2.28. The summed E-state index contributed by atoms with van der Waals surface area (Å²) in [5.41, 5.74) is 2.54. The van der Waals surface area contributed by atoms with E-state index in [0.717, 1.165) is 63.5 Å². The van der Waals surface area contributed by atoms with Crippen molar-refractivity contribution in [3.8, 4) is 0 Å². The van der Waals surface area contributed by atoms with Gasteiger partial charge in [-0.25, -0.2) is 4.99 Å². The van der Waals surface area contributed by atoms with Gasteiger partial charge in [-0.1, -0.05) is 24.3 Å². The lowest BCUT2D eigenvalue weighted by atomic mass is 10.1. The van der Waals surface area contributed by atoms with Gasteiger partial charge in [0, 0.05) is 32.8 Å². The molecule has 0 saturated heterocycles. The molecule has 1 heterocycles. The number of aliphatic imine (C=N–C) groups is 1. The van der Waals surface area contributed by atoms with Gasteiger partial charge < -0.3 is 19.8 Å². The Morgan fingerprint density at radius 3 is 2.65 bits per heavy atom. The van der Waals surface area contributed by atoms with E-state index < -0.39 is 0 Å². The Labute approximate surface area is 203 Å². The minimum Gasteiger partial charge on any atom is -0.468 e. The molecule has 31 heavy (non-hydrogen) atoms. The molecule has 2 aromatic rings. The van der Waals surface area contributed by atoms with E-state index in [4.69, 9.17) is 14.1 Å². The molecule has 3 rings (SSSR count). The minimum atomic E-state index is 0. The number of nitrogens with zero attached hydrogens (tertiary/aromatic N) is 2. The van der Waals surface area contributed by atoms with Crippen molar-refractivity contribution in [2.24, 2.45) is 10.9 Å². The number of benzene rings is 1. The molecule has 7 heteroatoms. The number of hydrogen-bond donors (Lipinski definition) is 2. The van der Waals surface area contributed by atoms with Crippen molar-refractivity contribution in [3.63, 3.8) is 0 Å². The summed E-state index contributed by atoms with van der Waals surface area (Å²) in [7, 11) is 2.11. The van der Waals surface area contributed by atoms with E-state index >= 15 is 0 Å². The van der Waals surface area contributed by atoms with Crippen molar-refractivity contribution in [2.45, 2.75) is 45.8 Å². The molecule has 6 nitrogen and oxygen atoms in total. The van der Waals surface area contributed by atoms with Crippen LogP contribution in [0, 0.1) is 5.92 Å². The van der Waals surface area contributed by atoms with Crippen LogP contribution in [0.2, 0.25) is 0 Å². The van der Waals surface area contributed by atoms with Crippen LogP contribution in [0.4, 0.5) is 0 Å². The molecule has 0 radical (unpaired) electrons. The Morgan fingerprint density at radius 1 is 1.13 bits per heavy atom. The Hall–Kier alpha value is -1.58. The molecule has 0 bridgehead atoms. The van der Waals surface area contributed by atoms with Crippen LogP contribution >= 0.6 is 24.0 Å². The average Bonchev–Trinajstić information content (AvgIpc) is 3.43. The maximum Gasteiger partial charge on any atom is 0.191 e. The maximum absolute atomic E-state index is 5.71. The van der Waals surface area contributed by atoms with Crippen molar-refractivity contribution < 1.29 is 9.15 Å². The Bertz CT molecular complexity index is 763. The molecule has 0 spiro atoms. The van der Waals surface area contributed by atoms with Gasteiger partial charge in [-0.3, -0.25) is 4.90 Å². The lowest BCUT2D eigenvalue weighted by Gasteiger charge is -2.17. The third-order valence-electron chi connectivity index (χ3n) is 5.12. The van der Waals surface area contributed by atoms with Gasteiger partial charge in [0.1, 0.15) is 5.76 Å². The SMILES string of the molecule is CCNC(=NCc1ccccc1CN(C)Cc1ccco1)NCCCOCC1CC1.I. The third kappa shape index (κ3) is 10.1. The molecule has 1 aliphatic carbocycles.